The first-order valence-electron chi connectivity index (χ1n) is 51.5. The molecular formula is C122H138N12O6. The lowest BCUT2D eigenvalue weighted by molar-refractivity contribution is 0.300. The number of aliphatic imine (C=N–C) groups is 9. The highest BCUT2D eigenvalue weighted by Gasteiger charge is 2.37. The third-order valence-corrected chi connectivity index (χ3v) is 32.0. The molecular weight excluding hydrogens is 1730 g/mol. The van der Waals surface area contributed by atoms with Crippen LogP contribution in [0.3, 0.4) is 0 Å². The van der Waals surface area contributed by atoms with E-state index in [4.69, 9.17) is 44.9 Å². The summed E-state index contributed by atoms with van der Waals surface area (Å²) < 4.78 is 0. The fourth-order valence-electron chi connectivity index (χ4n) is 24.2. The topological polar surface area (TPSA) is 280 Å². The average Bonchev–Trinajstić information content (AvgIpc) is 1.62. The van der Waals surface area contributed by atoms with E-state index in [1.165, 1.54) is 72.4 Å². The molecule has 3 aliphatic carbocycles. The van der Waals surface area contributed by atoms with Gasteiger partial charge >= 0.3 is 0 Å². The summed E-state index contributed by atoms with van der Waals surface area (Å²) in [6.45, 7) is 43.9. The van der Waals surface area contributed by atoms with Crippen LogP contribution in [-0.2, 0) is 19.3 Å². The fraction of sp³-hybridized carbons (Fsp3) is 0.385. The number of fused-ring (bicyclic) bond motifs is 21. The number of allylic oxidation sites excluding steroid dienone is 33. The van der Waals surface area contributed by atoms with Gasteiger partial charge in [-0.15, -0.1) is 0 Å². The Balaban J connectivity index is 0.825. The largest absolute Gasteiger partial charge is 0.396 e. The number of hydrogen-bond acceptors (Lipinski definition) is 15. The second-order valence-electron chi connectivity index (χ2n) is 39.4. The van der Waals surface area contributed by atoms with E-state index < -0.39 is 0 Å². The maximum atomic E-state index is 11.0. The SMILES string of the molecule is CCC1=C(C)C2=NC1=Cc1[nH]c(c(C)c1CCC1=C(C)C3=NC1=Cc1[nH]c(c(C)c1CCC1=C(C)C4=NC1=Cc1[nH]c(c(C)c1CC)C=C1N=C(C=C5CC(=CC6=NC(=C4)C(C)=C6CCO)C(CC)=C5CC)C(CCO)=C1C)C=C1N=C(C=C4CC(=CC5=NC(=C3)C(C)=C5CCO)C(CC)=C4CC)C(CCO)=C1C)C=C1N=C(C=C3CC(=CC4=NC(=C2)C(C)=C4CCO)C(CC)=C3CC)C(CCO)=C1C. The van der Waals surface area contributed by atoms with E-state index in [9.17, 15) is 30.6 Å². The minimum Gasteiger partial charge on any atom is -0.396 e. The Hall–Kier alpha value is -12.4. The zero-order valence-corrected chi connectivity index (χ0v) is 86.0. The molecule has 0 amide bonds. The number of aliphatic hydroxyl groups is 6. The molecule has 9 N–H and O–H groups in total. The number of aromatic nitrogens is 3. The molecule has 12 aliphatic heterocycles. The molecule has 0 radical (unpaired) electrons. The van der Waals surface area contributed by atoms with Crippen molar-refractivity contribution in [3.8, 4) is 0 Å². The van der Waals surface area contributed by atoms with Gasteiger partial charge in [0.2, 0.25) is 0 Å². The fourth-order valence-corrected chi connectivity index (χ4v) is 24.2. The summed E-state index contributed by atoms with van der Waals surface area (Å²) in [5.74, 6) is 0. The van der Waals surface area contributed by atoms with Gasteiger partial charge in [-0.05, 0) is 510 Å². The predicted molar refractivity (Wildman–Crippen MR) is 582 cm³/mol. The first-order valence-corrected chi connectivity index (χ1v) is 51.5. The Morgan fingerprint density at radius 2 is 0.386 bits per heavy atom. The number of hydrogen-bond donors (Lipinski definition) is 9. The van der Waals surface area contributed by atoms with Crippen LogP contribution in [0.15, 0.2) is 318 Å². The predicted octanol–water partition coefficient (Wildman–Crippen LogP) is 25.9. The van der Waals surface area contributed by atoms with E-state index >= 15 is 0 Å². The second-order valence-corrected chi connectivity index (χ2v) is 39.4. The highest BCUT2D eigenvalue weighted by atomic mass is 16.3. The van der Waals surface area contributed by atoms with Gasteiger partial charge in [-0.1, -0.05) is 55.4 Å². The van der Waals surface area contributed by atoms with E-state index in [1.54, 1.807) is 0 Å². The molecule has 0 saturated carbocycles. The molecule has 15 aliphatic rings. The van der Waals surface area contributed by atoms with Gasteiger partial charge in [0.05, 0.1) is 103 Å². The molecule has 0 fully saturated rings. The smallest absolute Gasteiger partial charge is 0.0693 e. The monoisotopic (exact) mass is 1870 g/mol. The first-order chi connectivity index (χ1) is 67.7. The van der Waals surface area contributed by atoms with Crippen LogP contribution in [0.1, 0.15) is 301 Å². The summed E-state index contributed by atoms with van der Waals surface area (Å²) in [5.41, 5.74) is 61.8. The van der Waals surface area contributed by atoms with Gasteiger partial charge in [-0.25, -0.2) is 44.9 Å². The standard InChI is InChI=1S/C122H138N12O6/c1-21-81-63(9)99-54-105-69(15)93(33-39-135)111(123-105)48-75-45-77(85(25-5)83(75)23-3)50-113-95(35-41-137)71(17)107(125-113)56-101-65(11)89(119(131-101)60-117(81)129-99)29-31-91-67(13)103-58-109-73(19)97(37-43-139)115(127-109)52-79-47-80(88(28-8)87(79)27-7)53-116-98(38-44-140)74(20)110(128-116)59-104-68(14)92(122(134-104)62-121(91)133-103)32-30-90-66(12)102-57-108-72(18)96(36-42-138)114(126-108)51-78-46-76(84(24-4)86(78)26-6)49-112-94(34-40-136)70(16)106(124-112)55-100-64(10)82(22-2)118(130-100)61-120(90)132-102/h48-62,129,132-133,135-140H,21-47H2,1-20H3. The van der Waals surface area contributed by atoms with Gasteiger partial charge in [-0.3, -0.25) is 0 Å². The number of aromatic amines is 3. The van der Waals surface area contributed by atoms with Crippen molar-refractivity contribution < 1.29 is 30.6 Å². The van der Waals surface area contributed by atoms with Gasteiger partial charge in [0, 0.05) is 73.8 Å². The van der Waals surface area contributed by atoms with Crippen molar-refractivity contribution in [2.75, 3.05) is 39.6 Å². The number of nitrogens with zero attached hydrogens (tertiary/aromatic N) is 9. The Morgan fingerprint density at radius 1 is 0.186 bits per heavy atom. The van der Waals surface area contributed by atoms with E-state index in [-0.39, 0.29) is 39.6 Å². The van der Waals surface area contributed by atoms with Crippen LogP contribution in [0.2, 0.25) is 0 Å². The molecule has 30 bridgehead atoms. The molecule has 0 saturated heterocycles. The van der Waals surface area contributed by atoms with E-state index in [0.717, 1.165) is 316 Å². The third kappa shape index (κ3) is 17.7. The van der Waals surface area contributed by atoms with Crippen molar-refractivity contribution in [2.24, 2.45) is 44.9 Å². The van der Waals surface area contributed by atoms with Crippen molar-refractivity contribution in [2.45, 2.75) is 273 Å². The lowest BCUT2D eigenvalue weighted by atomic mass is 9.93. The molecule has 18 nitrogen and oxygen atoms in total. The van der Waals surface area contributed by atoms with Crippen LogP contribution in [0.5, 0.6) is 0 Å². The molecule has 18 rings (SSSR count). The number of aliphatic hydroxyl groups excluding tert-OH is 6. The number of nitrogens with one attached hydrogen (secondary N) is 3. The Labute approximate surface area is 826 Å². The lowest BCUT2D eigenvalue weighted by Gasteiger charge is -2.10. The lowest BCUT2D eigenvalue weighted by Crippen LogP contribution is -2.02. The molecule has 0 unspecified atom stereocenters. The Bertz CT molecular complexity index is 7250. The van der Waals surface area contributed by atoms with E-state index in [0.29, 0.717) is 83.5 Å². The molecule has 3 aromatic rings. The highest BCUT2D eigenvalue weighted by molar-refractivity contribution is 6.21. The van der Waals surface area contributed by atoms with E-state index in [2.05, 4.69) is 245 Å². The van der Waals surface area contributed by atoms with Crippen LogP contribution in [0.25, 0.3) is 36.5 Å². The average molecular weight is 1870 g/mol. The Morgan fingerprint density at radius 3 is 0.614 bits per heavy atom. The summed E-state index contributed by atoms with van der Waals surface area (Å²) in [5, 5.41) is 65.2. The minimum absolute atomic E-state index is 0.00181. The van der Waals surface area contributed by atoms with Gasteiger partial charge in [0.1, 0.15) is 0 Å². The van der Waals surface area contributed by atoms with Crippen molar-refractivity contribution in [3.05, 3.63) is 341 Å². The van der Waals surface area contributed by atoms with Gasteiger partial charge in [0.25, 0.3) is 0 Å². The van der Waals surface area contributed by atoms with Crippen LogP contribution < -0.4 is 0 Å². The van der Waals surface area contributed by atoms with Crippen molar-refractivity contribution in [3.63, 3.8) is 0 Å². The molecule has 3 aromatic heterocycles. The van der Waals surface area contributed by atoms with Crippen LogP contribution in [0.4, 0.5) is 0 Å². The molecule has 0 atom stereocenters. The minimum atomic E-state index is -0.0402. The van der Waals surface area contributed by atoms with Crippen molar-refractivity contribution in [1.82, 2.24) is 15.0 Å². The van der Waals surface area contributed by atoms with Crippen LogP contribution in [0, 0.1) is 20.8 Å². The molecule has 0 aromatic carbocycles. The van der Waals surface area contributed by atoms with Gasteiger partial charge in [-0.2, -0.15) is 0 Å². The highest BCUT2D eigenvalue weighted by Crippen LogP contribution is 2.50. The second kappa shape index (κ2) is 40.7. The van der Waals surface area contributed by atoms with Crippen LogP contribution >= 0.6 is 0 Å². The van der Waals surface area contributed by atoms with E-state index in [1.807, 2.05) is 0 Å². The third-order valence-electron chi connectivity index (χ3n) is 32.0. The van der Waals surface area contributed by atoms with Crippen LogP contribution in [-0.4, -0.2) is 137 Å². The van der Waals surface area contributed by atoms with Gasteiger partial charge < -0.3 is 45.6 Å². The first kappa shape index (κ1) is 97.8. The molecule has 0 spiro atoms. The number of H-pyrrole nitrogens is 3. The van der Waals surface area contributed by atoms with Crippen molar-refractivity contribution in [1.29, 1.82) is 0 Å². The zero-order valence-electron chi connectivity index (χ0n) is 86.0. The maximum absolute atomic E-state index is 11.0. The summed E-state index contributed by atoms with van der Waals surface area (Å²) in [6, 6.07) is 0. The quantitative estimate of drug-likeness (QED) is 0.0377. The summed E-state index contributed by atoms with van der Waals surface area (Å²) in [6.07, 6.45) is 47.4. The zero-order chi connectivity index (χ0) is 98.8. The molecule has 722 valence electrons. The molecule has 18 heteroatoms. The summed E-state index contributed by atoms with van der Waals surface area (Å²) in [7, 11) is 0. The normalized spacial score (nSPS) is 19.9. The molecule has 15 heterocycles. The van der Waals surface area contributed by atoms with Crippen molar-refractivity contribution >= 4 is 87.9 Å². The number of rotatable bonds is 26. The van der Waals surface area contributed by atoms with Gasteiger partial charge in [0.15, 0.2) is 0 Å². The Kier molecular flexibility index (Phi) is 28.4. The summed E-state index contributed by atoms with van der Waals surface area (Å²) >= 11 is 0. The molecule has 140 heavy (non-hydrogen) atoms. The maximum Gasteiger partial charge on any atom is 0.0693 e. The summed E-state index contributed by atoms with van der Waals surface area (Å²) in [4.78, 5) is 62.6.